The first-order chi connectivity index (χ1) is 10.7. The van der Waals surface area contributed by atoms with Gasteiger partial charge in [-0.2, -0.15) is 0 Å². The molecule has 6 heteroatoms. The minimum Gasteiger partial charge on any atom is -0.327 e. The lowest BCUT2D eigenvalue weighted by atomic mass is 10.2. The first-order valence-electron chi connectivity index (χ1n) is 6.94. The number of benzene rings is 1. The van der Waals surface area contributed by atoms with E-state index >= 15 is 0 Å². The van der Waals surface area contributed by atoms with Gasteiger partial charge in [0.2, 0.25) is 0 Å². The minimum atomic E-state index is -1.22. The number of hydrogen-bond acceptors (Lipinski definition) is 3. The van der Waals surface area contributed by atoms with Crippen LogP contribution in [0.2, 0.25) is 0 Å². The number of fused-ring (bicyclic) bond motifs is 3. The summed E-state index contributed by atoms with van der Waals surface area (Å²) in [5.74, 6) is 0.350. The lowest BCUT2D eigenvalue weighted by Crippen LogP contribution is -2.06. The van der Waals surface area contributed by atoms with Crippen molar-refractivity contribution in [2.75, 3.05) is 0 Å². The average Bonchev–Trinajstić information content (AvgIpc) is 3.16. The normalized spacial score (nSPS) is 13.0. The lowest BCUT2D eigenvalue weighted by Gasteiger charge is -2.08. The fraction of sp³-hybridized carbons (Fsp3) is 0.125. The zero-order chi connectivity index (χ0) is 15.1. The van der Waals surface area contributed by atoms with Crippen molar-refractivity contribution in [2.24, 2.45) is 7.05 Å². The summed E-state index contributed by atoms with van der Waals surface area (Å²) in [5, 5.41) is 0.569. The molecule has 4 rings (SSSR count). The van der Waals surface area contributed by atoms with Crippen molar-refractivity contribution in [2.45, 2.75) is 10.9 Å². The van der Waals surface area contributed by atoms with E-state index in [2.05, 4.69) is 9.38 Å². The second-order valence-corrected chi connectivity index (χ2v) is 6.47. The van der Waals surface area contributed by atoms with Crippen LogP contribution in [-0.4, -0.2) is 23.1 Å². The monoisotopic (exact) mass is 310 g/mol. The summed E-state index contributed by atoms with van der Waals surface area (Å²) in [6, 6.07) is 12.0. The van der Waals surface area contributed by atoms with Gasteiger partial charge in [-0.1, -0.05) is 12.1 Å². The van der Waals surface area contributed by atoms with E-state index in [9.17, 15) is 4.21 Å². The van der Waals surface area contributed by atoms with Gasteiger partial charge in [0.25, 0.3) is 0 Å². The summed E-state index contributed by atoms with van der Waals surface area (Å²) in [5.41, 5.74) is 3.76. The molecule has 22 heavy (non-hydrogen) atoms. The van der Waals surface area contributed by atoms with Crippen molar-refractivity contribution < 1.29 is 4.21 Å². The number of para-hydroxylation sites is 2. The van der Waals surface area contributed by atoms with Gasteiger partial charge < -0.3 is 8.97 Å². The Morgan fingerprint density at radius 1 is 1.09 bits per heavy atom. The first kappa shape index (κ1) is 13.2. The predicted octanol–water partition coefficient (Wildman–Crippen LogP) is 2.53. The summed E-state index contributed by atoms with van der Waals surface area (Å²) in [6.45, 7) is 0. The Balaban J connectivity index is 1.85. The maximum absolute atomic E-state index is 12.6. The summed E-state index contributed by atoms with van der Waals surface area (Å²) in [4.78, 5) is 8.87. The van der Waals surface area contributed by atoms with E-state index in [1.807, 2.05) is 49.6 Å². The Morgan fingerprint density at radius 2 is 1.91 bits per heavy atom. The van der Waals surface area contributed by atoms with Gasteiger partial charge in [0, 0.05) is 25.6 Å². The molecule has 0 aliphatic rings. The summed E-state index contributed by atoms with van der Waals surface area (Å²) in [7, 11) is 0.626. The fourth-order valence-corrected chi connectivity index (χ4v) is 3.81. The van der Waals surface area contributed by atoms with Crippen LogP contribution in [0.5, 0.6) is 0 Å². The molecule has 1 unspecified atom stereocenters. The zero-order valence-electron chi connectivity index (χ0n) is 12.0. The van der Waals surface area contributed by atoms with Crippen LogP contribution in [0.15, 0.2) is 60.1 Å². The van der Waals surface area contributed by atoms with Gasteiger partial charge in [-0.15, -0.1) is 0 Å². The molecule has 0 aliphatic heterocycles. The van der Waals surface area contributed by atoms with Gasteiger partial charge in [-0.05, 0) is 24.3 Å². The highest BCUT2D eigenvalue weighted by atomic mass is 32.2. The Kier molecular flexibility index (Phi) is 3.04. The van der Waals surface area contributed by atoms with E-state index in [0.29, 0.717) is 10.9 Å². The third kappa shape index (κ3) is 2.03. The zero-order valence-corrected chi connectivity index (χ0v) is 12.8. The van der Waals surface area contributed by atoms with Crippen molar-refractivity contribution >= 4 is 27.3 Å². The standard InChI is InChI=1S/C16H14N4OS/c1-19-10-8-17-16(19)22(21)11-13-15-7-4-9-20(15)14-6-3-2-5-12(14)18-13/h2-10H,11H2,1H3. The number of aromatic nitrogens is 4. The lowest BCUT2D eigenvalue weighted by molar-refractivity contribution is 0.664. The van der Waals surface area contributed by atoms with Gasteiger partial charge >= 0.3 is 0 Å². The molecule has 0 bridgehead atoms. The van der Waals surface area contributed by atoms with E-state index < -0.39 is 10.8 Å². The van der Waals surface area contributed by atoms with E-state index in [1.165, 1.54) is 0 Å². The predicted molar refractivity (Wildman–Crippen MR) is 86.0 cm³/mol. The Bertz CT molecular complexity index is 1000. The molecule has 0 saturated carbocycles. The summed E-state index contributed by atoms with van der Waals surface area (Å²) in [6.07, 6.45) is 5.47. The number of imidazole rings is 1. The van der Waals surface area contributed by atoms with Crippen LogP contribution in [-0.2, 0) is 23.6 Å². The van der Waals surface area contributed by atoms with E-state index in [0.717, 1.165) is 22.2 Å². The van der Waals surface area contributed by atoms with Crippen LogP contribution < -0.4 is 0 Å². The van der Waals surface area contributed by atoms with Crippen LogP contribution in [0.25, 0.3) is 16.6 Å². The van der Waals surface area contributed by atoms with Gasteiger partial charge in [0.15, 0.2) is 5.16 Å². The third-order valence-corrected chi connectivity index (χ3v) is 5.03. The quantitative estimate of drug-likeness (QED) is 0.584. The Labute approximate surface area is 129 Å². The van der Waals surface area contributed by atoms with Gasteiger partial charge in [-0.25, -0.2) is 9.97 Å². The Hall–Kier alpha value is -2.47. The maximum Gasteiger partial charge on any atom is 0.199 e. The molecule has 0 radical (unpaired) electrons. The molecule has 0 spiro atoms. The highest BCUT2D eigenvalue weighted by molar-refractivity contribution is 7.84. The molecule has 4 aromatic rings. The smallest absolute Gasteiger partial charge is 0.199 e. The van der Waals surface area contributed by atoms with Crippen molar-refractivity contribution in [1.82, 2.24) is 18.9 Å². The third-order valence-electron chi connectivity index (χ3n) is 3.69. The molecule has 0 N–H and O–H groups in total. The molecule has 1 atom stereocenters. The van der Waals surface area contributed by atoms with E-state index in [4.69, 9.17) is 4.98 Å². The first-order valence-corrected chi connectivity index (χ1v) is 8.26. The average molecular weight is 310 g/mol. The highest BCUT2D eigenvalue weighted by Crippen LogP contribution is 2.21. The number of nitrogens with zero attached hydrogens (tertiary/aromatic N) is 4. The molecule has 5 nitrogen and oxygen atoms in total. The number of aryl methyl sites for hydroxylation is 1. The van der Waals surface area contributed by atoms with Crippen LogP contribution in [0.4, 0.5) is 0 Å². The van der Waals surface area contributed by atoms with Crippen molar-refractivity contribution in [1.29, 1.82) is 0 Å². The van der Waals surface area contributed by atoms with Crippen LogP contribution in [0.1, 0.15) is 5.69 Å². The van der Waals surface area contributed by atoms with E-state index in [1.54, 1.807) is 17.0 Å². The van der Waals surface area contributed by atoms with Crippen LogP contribution >= 0.6 is 0 Å². The molecule has 3 heterocycles. The molecule has 3 aromatic heterocycles. The van der Waals surface area contributed by atoms with Crippen molar-refractivity contribution in [3.8, 4) is 0 Å². The SMILES string of the molecule is Cn1ccnc1S(=O)Cc1nc2ccccc2n2cccc12. The molecule has 0 fully saturated rings. The largest absolute Gasteiger partial charge is 0.327 e. The molecular formula is C16H14N4OS. The molecule has 110 valence electrons. The summed E-state index contributed by atoms with van der Waals surface area (Å²) < 4.78 is 16.5. The molecule has 0 amide bonds. The highest BCUT2D eigenvalue weighted by Gasteiger charge is 2.14. The van der Waals surface area contributed by atoms with Crippen molar-refractivity contribution in [3.63, 3.8) is 0 Å². The second-order valence-electron chi connectivity index (χ2n) is 5.12. The fourth-order valence-electron chi connectivity index (χ4n) is 2.66. The van der Waals surface area contributed by atoms with Gasteiger partial charge in [0.05, 0.1) is 38.8 Å². The second kappa shape index (κ2) is 5.06. The minimum absolute atomic E-state index is 0.350. The number of hydrogen-bond donors (Lipinski definition) is 0. The van der Waals surface area contributed by atoms with Crippen LogP contribution in [0, 0.1) is 0 Å². The van der Waals surface area contributed by atoms with Crippen molar-refractivity contribution in [3.05, 3.63) is 60.7 Å². The molecule has 0 aliphatic carbocycles. The topological polar surface area (TPSA) is 52.2 Å². The molecule has 1 aromatic carbocycles. The van der Waals surface area contributed by atoms with Gasteiger partial charge in [0.1, 0.15) is 0 Å². The number of rotatable bonds is 3. The maximum atomic E-state index is 12.6. The Morgan fingerprint density at radius 3 is 2.73 bits per heavy atom. The van der Waals surface area contributed by atoms with Crippen LogP contribution in [0.3, 0.4) is 0 Å². The molecular weight excluding hydrogens is 296 g/mol. The van der Waals surface area contributed by atoms with Gasteiger partial charge in [-0.3, -0.25) is 4.21 Å². The van der Waals surface area contributed by atoms with E-state index in [-0.39, 0.29) is 0 Å². The summed E-state index contributed by atoms with van der Waals surface area (Å²) >= 11 is 0. The molecule has 0 saturated heterocycles.